The first-order chi connectivity index (χ1) is 9.40. The summed E-state index contributed by atoms with van der Waals surface area (Å²) in [6, 6.07) is 0.892. The van der Waals surface area contributed by atoms with Crippen LogP contribution in [0.4, 0.5) is 5.82 Å². The topological polar surface area (TPSA) is 58.4 Å². The number of anilines is 1. The van der Waals surface area contributed by atoms with Gasteiger partial charge in [0.25, 0.3) is 0 Å². The Morgan fingerprint density at radius 2 is 2.26 bits per heavy atom. The summed E-state index contributed by atoms with van der Waals surface area (Å²) in [5.41, 5.74) is 0.805. The van der Waals surface area contributed by atoms with Crippen LogP contribution in [0.25, 0.3) is 5.65 Å². The van der Waals surface area contributed by atoms with E-state index in [1.807, 2.05) is 10.6 Å². The van der Waals surface area contributed by atoms with Crippen molar-refractivity contribution in [3.63, 3.8) is 0 Å². The second kappa shape index (κ2) is 4.45. The van der Waals surface area contributed by atoms with E-state index < -0.39 is 0 Å². The van der Waals surface area contributed by atoms with Gasteiger partial charge in [-0.25, -0.2) is 4.98 Å². The molecular formula is C13H18N6. The van der Waals surface area contributed by atoms with E-state index in [0.717, 1.165) is 30.0 Å². The van der Waals surface area contributed by atoms with Gasteiger partial charge in [0.05, 0.1) is 0 Å². The molecule has 2 aliphatic rings. The van der Waals surface area contributed by atoms with E-state index in [4.69, 9.17) is 0 Å². The molecule has 2 aromatic rings. The molecule has 1 aliphatic heterocycles. The summed E-state index contributed by atoms with van der Waals surface area (Å²) in [6.07, 6.45) is 9.45. The first kappa shape index (κ1) is 11.2. The average Bonchev–Trinajstić information content (AvgIpc) is 3.00. The summed E-state index contributed by atoms with van der Waals surface area (Å²) in [5, 5.41) is 11.4. The van der Waals surface area contributed by atoms with E-state index in [9.17, 15) is 0 Å². The number of likely N-dealkylation sites (tertiary alicyclic amines) is 1. The Kier molecular flexibility index (Phi) is 2.61. The number of nitrogens with one attached hydrogen (secondary N) is 1. The molecule has 100 valence electrons. The van der Waals surface area contributed by atoms with Gasteiger partial charge in [-0.3, -0.25) is 4.40 Å². The second-order valence-corrected chi connectivity index (χ2v) is 5.60. The van der Waals surface area contributed by atoms with E-state index in [1.165, 1.54) is 32.4 Å². The monoisotopic (exact) mass is 258 g/mol. The number of rotatable bonds is 4. The standard InChI is InChI=1S/C13H18N6/c1-2-11(1)18-5-3-10(8-18)7-15-12-13-17-16-9-19(13)6-4-14-12/h4,6,9-11H,1-3,5,7-8H2,(H,14,15). The van der Waals surface area contributed by atoms with Crippen molar-refractivity contribution < 1.29 is 0 Å². The Labute approximate surface area is 111 Å². The van der Waals surface area contributed by atoms with E-state index >= 15 is 0 Å². The molecule has 4 rings (SSSR count). The highest BCUT2D eigenvalue weighted by Crippen LogP contribution is 2.31. The molecule has 0 radical (unpaired) electrons. The molecule has 19 heavy (non-hydrogen) atoms. The van der Waals surface area contributed by atoms with Crippen LogP contribution in [0, 0.1) is 5.92 Å². The van der Waals surface area contributed by atoms with Crippen molar-refractivity contribution in [2.24, 2.45) is 5.92 Å². The third kappa shape index (κ3) is 2.16. The zero-order valence-electron chi connectivity index (χ0n) is 10.9. The van der Waals surface area contributed by atoms with E-state index in [2.05, 4.69) is 25.4 Å². The molecule has 1 saturated carbocycles. The zero-order chi connectivity index (χ0) is 12.7. The number of hydrogen-bond acceptors (Lipinski definition) is 5. The maximum absolute atomic E-state index is 4.36. The van der Waals surface area contributed by atoms with Gasteiger partial charge in [-0.1, -0.05) is 0 Å². The average molecular weight is 258 g/mol. The van der Waals surface area contributed by atoms with Gasteiger partial charge in [-0.05, 0) is 31.7 Å². The highest BCUT2D eigenvalue weighted by atomic mass is 15.2. The summed E-state index contributed by atoms with van der Waals surface area (Å²) < 4.78 is 1.89. The van der Waals surface area contributed by atoms with Crippen LogP contribution in [0.2, 0.25) is 0 Å². The molecule has 1 unspecified atom stereocenters. The Hall–Kier alpha value is -1.69. The molecule has 1 atom stereocenters. The predicted octanol–water partition coefficient (Wildman–Crippen LogP) is 1.02. The predicted molar refractivity (Wildman–Crippen MR) is 72.0 cm³/mol. The molecule has 0 bridgehead atoms. The van der Waals surface area contributed by atoms with Crippen LogP contribution in [0.3, 0.4) is 0 Å². The molecule has 0 aromatic carbocycles. The minimum atomic E-state index is 0.727. The molecule has 2 aromatic heterocycles. The number of fused-ring (bicyclic) bond motifs is 1. The minimum absolute atomic E-state index is 0.727. The molecule has 3 heterocycles. The number of nitrogens with zero attached hydrogens (tertiary/aromatic N) is 5. The van der Waals surface area contributed by atoms with Crippen molar-refractivity contribution in [1.29, 1.82) is 0 Å². The normalized spacial score (nSPS) is 24.1. The van der Waals surface area contributed by atoms with Crippen LogP contribution in [0.1, 0.15) is 19.3 Å². The molecule has 0 amide bonds. The van der Waals surface area contributed by atoms with Gasteiger partial charge >= 0.3 is 0 Å². The van der Waals surface area contributed by atoms with E-state index in [-0.39, 0.29) is 0 Å². The lowest BCUT2D eigenvalue weighted by Gasteiger charge is -2.15. The minimum Gasteiger partial charge on any atom is -0.367 e. The van der Waals surface area contributed by atoms with Crippen molar-refractivity contribution in [1.82, 2.24) is 24.5 Å². The first-order valence-corrected chi connectivity index (χ1v) is 7.02. The smallest absolute Gasteiger partial charge is 0.203 e. The number of hydrogen-bond donors (Lipinski definition) is 1. The Bertz CT molecular complexity index is 575. The van der Waals surface area contributed by atoms with Crippen LogP contribution in [0.15, 0.2) is 18.7 Å². The first-order valence-electron chi connectivity index (χ1n) is 7.02. The van der Waals surface area contributed by atoms with Gasteiger partial charge in [0.2, 0.25) is 5.65 Å². The summed E-state index contributed by atoms with van der Waals surface area (Å²) in [5.74, 6) is 1.57. The third-order valence-corrected chi connectivity index (χ3v) is 4.15. The summed E-state index contributed by atoms with van der Waals surface area (Å²) in [6.45, 7) is 3.47. The largest absolute Gasteiger partial charge is 0.367 e. The van der Waals surface area contributed by atoms with Crippen molar-refractivity contribution >= 4 is 11.5 Å². The second-order valence-electron chi connectivity index (χ2n) is 5.60. The third-order valence-electron chi connectivity index (χ3n) is 4.15. The molecule has 0 spiro atoms. The Morgan fingerprint density at radius 1 is 1.32 bits per heavy atom. The quantitative estimate of drug-likeness (QED) is 0.887. The van der Waals surface area contributed by atoms with E-state index in [0.29, 0.717) is 0 Å². The van der Waals surface area contributed by atoms with Crippen LogP contribution in [-0.2, 0) is 0 Å². The molecular weight excluding hydrogens is 240 g/mol. The number of aromatic nitrogens is 4. The van der Waals surface area contributed by atoms with Crippen molar-refractivity contribution in [2.75, 3.05) is 25.0 Å². The molecule has 6 heteroatoms. The fourth-order valence-corrected chi connectivity index (χ4v) is 2.92. The molecule has 2 fully saturated rings. The van der Waals surface area contributed by atoms with Gasteiger partial charge in [0, 0.05) is 31.5 Å². The Morgan fingerprint density at radius 3 is 3.16 bits per heavy atom. The molecule has 1 saturated heterocycles. The maximum Gasteiger partial charge on any atom is 0.203 e. The van der Waals surface area contributed by atoms with Crippen LogP contribution in [0.5, 0.6) is 0 Å². The summed E-state index contributed by atoms with van der Waals surface area (Å²) >= 11 is 0. The highest BCUT2D eigenvalue weighted by Gasteiger charge is 2.34. The zero-order valence-corrected chi connectivity index (χ0v) is 10.9. The van der Waals surface area contributed by atoms with Gasteiger partial charge in [-0.2, -0.15) is 0 Å². The van der Waals surface area contributed by atoms with Gasteiger partial charge in [0.15, 0.2) is 5.82 Å². The van der Waals surface area contributed by atoms with Gasteiger partial charge in [-0.15, -0.1) is 10.2 Å². The fourth-order valence-electron chi connectivity index (χ4n) is 2.92. The van der Waals surface area contributed by atoms with E-state index in [1.54, 1.807) is 12.5 Å². The SMILES string of the molecule is c1cn2cnnc2c(NCC2CCN(C3CC3)C2)n1. The van der Waals surface area contributed by atoms with Gasteiger partial charge in [0.1, 0.15) is 6.33 Å². The summed E-state index contributed by atoms with van der Waals surface area (Å²) in [4.78, 5) is 6.99. The van der Waals surface area contributed by atoms with Gasteiger partial charge < -0.3 is 10.2 Å². The van der Waals surface area contributed by atoms with Crippen molar-refractivity contribution in [2.45, 2.75) is 25.3 Å². The summed E-state index contributed by atoms with van der Waals surface area (Å²) in [7, 11) is 0. The highest BCUT2D eigenvalue weighted by molar-refractivity contribution is 5.61. The van der Waals surface area contributed by atoms with Crippen molar-refractivity contribution in [3.8, 4) is 0 Å². The Balaban J connectivity index is 1.40. The van der Waals surface area contributed by atoms with Crippen LogP contribution < -0.4 is 5.32 Å². The van der Waals surface area contributed by atoms with Crippen LogP contribution >= 0.6 is 0 Å². The lowest BCUT2D eigenvalue weighted by atomic mass is 10.1. The molecule has 6 nitrogen and oxygen atoms in total. The fraction of sp³-hybridized carbons (Fsp3) is 0.615. The van der Waals surface area contributed by atoms with Crippen molar-refractivity contribution in [3.05, 3.63) is 18.7 Å². The maximum atomic E-state index is 4.36. The van der Waals surface area contributed by atoms with Crippen LogP contribution in [-0.4, -0.2) is 50.2 Å². The lowest BCUT2D eigenvalue weighted by Crippen LogP contribution is -2.25. The molecule has 1 aliphatic carbocycles. The lowest BCUT2D eigenvalue weighted by molar-refractivity contribution is 0.316. The molecule has 1 N–H and O–H groups in total.